The lowest BCUT2D eigenvalue weighted by atomic mass is 9.87. The Morgan fingerprint density at radius 1 is 1.00 bits per heavy atom. The van der Waals surface area contributed by atoms with Crippen molar-refractivity contribution in [2.75, 3.05) is 0 Å². The van der Waals surface area contributed by atoms with E-state index in [4.69, 9.17) is 23.2 Å². The molecule has 2 aromatic carbocycles. The second-order valence-electron chi connectivity index (χ2n) is 7.80. The summed E-state index contributed by atoms with van der Waals surface area (Å²) >= 11 is 5.74. The highest BCUT2D eigenvalue weighted by Gasteiger charge is 2.19. The van der Waals surface area contributed by atoms with Gasteiger partial charge in [0.05, 0.1) is 11.1 Å². The summed E-state index contributed by atoms with van der Waals surface area (Å²) in [6.45, 7) is 7.46. The fourth-order valence-corrected chi connectivity index (χ4v) is 3.10. The maximum atomic E-state index is 12.0. The van der Waals surface area contributed by atoms with Gasteiger partial charge in [0.15, 0.2) is 5.11 Å². The predicted octanol–water partition coefficient (Wildman–Crippen LogP) is 2.43. The Bertz CT molecular complexity index is 943. The van der Waals surface area contributed by atoms with E-state index in [2.05, 4.69) is 59.9 Å². The van der Waals surface area contributed by atoms with E-state index in [1.165, 1.54) is 11.6 Å². The van der Waals surface area contributed by atoms with Gasteiger partial charge in [0, 0.05) is 13.1 Å². The first kappa shape index (κ1) is 24.6. The summed E-state index contributed by atoms with van der Waals surface area (Å²) in [5, 5.41) is 11.8. The first-order valence-corrected chi connectivity index (χ1v) is 10.7. The highest BCUT2D eigenvalue weighted by Crippen LogP contribution is 2.22. The number of carbonyl (C=O) groups is 2. The Morgan fingerprint density at radius 2 is 1.58 bits per heavy atom. The first-order chi connectivity index (χ1) is 14.7. The van der Waals surface area contributed by atoms with Crippen molar-refractivity contribution in [3.8, 4) is 0 Å². The molecule has 1 amide bonds. The number of hydrazine groups is 1. The molecule has 0 unspecified atom stereocenters. The highest BCUT2D eigenvalue weighted by molar-refractivity contribution is 7.92. The lowest BCUT2D eigenvalue weighted by Crippen LogP contribution is -2.34. The third-order valence-electron chi connectivity index (χ3n) is 4.53. The molecule has 0 bridgehead atoms. The topological polar surface area (TPSA) is 132 Å². The van der Waals surface area contributed by atoms with Crippen LogP contribution in [0.4, 0.5) is 0 Å². The van der Waals surface area contributed by atoms with Crippen LogP contribution >= 0.6 is 24.4 Å². The minimum Gasteiger partial charge on any atom is -0.371 e. The monoisotopic (exact) mass is 461 g/mol. The third-order valence-corrected chi connectivity index (χ3v) is 5.07. The van der Waals surface area contributed by atoms with Crippen LogP contribution in [0.3, 0.4) is 0 Å². The minimum atomic E-state index is -0.736. The van der Waals surface area contributed by atoms with E-state index in [-0.39, 0.29) is 16.5 Å². The molecule has 0 heterocycles. The van der Waals surface area contributed by atoms with Gasteiger partial charge in [0.1, 0.15) is 12.2 Å². The van der Waals surface area contributed by atoms with Gasteiger partial charge in [0.25, 0.3) is 5.91 Å². The van der Waals surface area contributed by atoms with E-state index in [0.717, 1.165) is 11.1 Å². The van der Waals surface area contributed by atoms with Gasteiger partial charge < -0.3 is 14.8 Å². The maximum absolute atomic E-state index is 12.0. The van der Waals surface area contributed by atoms with Gasteiger partial charge >= 0.3 is 5.97 Å². The highest BCUT2D eigenvalue weighted by atomic mass is 32.2. The molecule has 0 atom stereocenters. The van der Waals surface area contributed by atoms with Crippen molar-refractivity contribution in [2.24, 2.45) is 11.0 Å². The molecule has 0 aliphatic rings. The van der Waals surface area contributed by atoms with Crippen LogP contribution in [0.5, 0.6) is 0 Å². The molecular formula is C21H27N5O3S2. The van der Waals surface area contributed by atoms with Gasteiger partial charge in [-0.05, 0) is 46.5 Å². The van der Waals surface area contributed by atoms with Crippen molar-refractivity contribution in [3.63, 3.8) is 0 Å². The molecule has 0 spiro atoms. The zero-order valence-corrected chi connectivity index (χ0v) is 19.3. The van der Waals surface area contributed by atoms with E-state index >= 15 is 0 Å². The fourth-order valence-electron chi connectivity index (χ4n) is 2.78. The molecule has 0 saturated carbocycles. The molecule has 0 aromatic heterocycles. The van der Waals surface area contributed by atoms with Crippen LogP contribution in [0.15, 0.2) is 42.5 Å². The number of amides is 1. The summed E-state index contributed by atoms with van der Waals surface area (Å²) in [6, 6.07) is 13.1. The number of carbonyl (C=O) groups excluding carboxylic acids is 2. The Hall–Kier alpha value is -2.66. The quantitative estimate of drug-likeness (QED) is 0.105. The van der Waals surface area contributed by atoms with Crippen molar-refractivity contribution in [1.82, 2.24) is 16.1 Å². The lowest BCUT2D eigenvalue weighted by Gasteiger charge is -2.19. The number of thiocarbonyl (C=S) groups is 1. The van der Waals surface area contributed by atoms with Crippen LogP contribution in [0.1, 0.15) is 58.2 Å². The van der Waals surface area contributed by atoms with Crippen LogP contribution in [0.25, 0.3) is 0 Å². The zero-order valence-electron chi connectivity index (χ0n) is 17.7. The normalized spacial score (nSPS) is 10.9. The van der Waals surface area contributed by atoms with Crippen molar-refractivity contribution in [1.29, 1.82) is 0 Å². The summed E-state index contributed by atoms with van der Waals surface area (Å²) < 4.78 is 4.69. The Kier molecular flexibility index (Phi) is 8.81. The molecule has 0 radical (unpaired) electrons. The largest absolute Gasteiger partial charge is 0.371 e. The smallest absolute Gasteiger partial charge is 0.352 e. The summed E-state index contributed by atoms with van der Waals surface area (Å²) in [5.41, 5.74) is 5.38. The van der Waals surface area contributed by atoms with E-state index < -0.39 is 11.9 Å². The third kappa shape index (κ3) is 7.21. The first-order valence-electron chi connectivity index (χ1n) is 9.48. The summed E-state index contributed by atoms with van der Waals surface area (Å²) in [4.78, 5) is 24.0. The average Bonchev–Trinajstić information content (AvgIpc) is 2.75. The summed E-state index contributed by atoms with van der Waals surface area (Å²) in [5.74, 6) is 3.87. The van der Waals surface area contributed by atoms with Gasteiger partial charge in [0.2, 0.25) is 0 Å². The standard InChI is InChI=1S/C21H27N5O3S2/c1-21(2,3)15-7-4-13(5-8-15)11-24-20(30)25-12-14-6-9-16(19(28)29-31-23)17(10-14)18(27)26-22/h4-10H,11-12,22-23H2,1-3H3,(H,26,27)(H2,24,25,30). The van der Waals surface area contributed by atoms with E-state index in [0.29, 0.717) is 30.4 Å². The van der Waals surface area contributed by atoms with Gasteiger partial charge in [-0.2, -0.15) is 0 Å². The predicted molar refractivity (Wildman–Crippen MR) is 127 cm³/mol. The number of rotatable bonds is 7. The summed E-state index contributed by atoms with van der Waals surface area (Å²) in [6.07, 6.45) is 0. The molecule has 2 aromatic rings. The van der Waals surface area contributed by atoms with Crippen molar-refractivity contribution >= 4 is 41.4 Å². The Morgan fingerprint density at radius 3 is 2.13 bits per heavy atom. The van der Waals surface area contributed by atoms with Gasteiger partial charge in [-0.3, -0.25) is 10.2 Å². The molecule has 7 N–H and O–H groups in total. The lowest BCUT2D eigenvalue weighted by molar-refractivity contribution is 0.0760. The van der Waals surface area contributed by atoms with E-state index in [9.17, 15) is 9.59 Å². The molecule has 0 aliphatic heterocycles. The van der Waals surface area contributed by atoms with Gasteiger partial charge in [-0.1, -0.05) is 51.1 Å². The van der Waals surface area contributed by atoms with Crippen molar-refractivity contribution < 1.29 is 13.8 Å². The van der Waals surface area contributed by atoms with Crippen molar-refractivity contribution in [3.05, 3.63) is 70.3 Å². The van der Waals surface area contributed by atoms with E-state index in [1.54, 1.807) is 12.1 Å². The molecule has 0 aliphatic carbocycles. The number of hydrogen-bond donors (Lipinski definition) is 5. The Balaban J connectivity index is 1.96. The van der Waals surface area contributed by atoms with E-state index in [1.807, 2.05) is 5.43 Å². The number of nitrogens with one attached hydrogen (secondary N) is 3. The number of benzene rings is 2. The SMILES string of the molecule is CC(C)(C)c1ccc(CNC(=S)NCc2ccc(C(=O)OSN)c(C(=O)NN)c2)cc1. The van der Waals surface area contributed by atoms with Gasteiger partial charge in [-0.15, -0.1) is 0 Å². The van der Waals surface area contributed by atoms with Crippen molar-refractivity contribution in [2.45, 2.75) is 39.3 Å². The van der Waals surface area contributed by atoms with Crippen LogP contribution in [-0.4, -0.2) is 17.0 Å². The molecule has 0 saturated heterocycles. The molecule has 0 fully saturated rings. The number of nitrogens with two attached hydrogens (primary N) is 2. The molecular weight excluding hydrogens is 434 g/mol. The molecule has 166 valence electrons. The average molecular weight is 462 g/mol. The van der Waals surface area contributed by atoms with Crippen LogP contribution in [0, 0.1) is 0 Å². The molecule has 2 rings (SSSR count). The minimum absolute atomic E-state index is 0.0593. The second kappa shape index (κ2) is 11.1. The van der Waals surface area contributed by atoms with Crippen LogP contribution < -0.4 is 27.0 Å². The number of hydrogen-bond acceptors (Lipinski definition) is 7. The second-order valence-corrected chi connectivity index (χ2v) is 8.57. The number of nitrogen functional groups attached to an aromatic ring is 1. The van der Waals surface area contributed by atoms with Gasteiger partial charge in [-0.25, -0.2) is 15.8 Å². The summed E-state index contributed by atoms with van der Waals surface area (Å²) in [7, 11) is 0. The molecule has 10 heteroatoms. The van der Waals surface area contributed by atoms with Crippen LogP contribution in [0.2, 0.25) is 0 Å². The zero-order chi connectivity index (χ0) is 23.0. The Labute approximate surface area is 191 Å². The maximum Gasteiger partial charge on any atom is 0.352 e. The molecule has 8 nitrogen and oxygen atoms in total. The van der Waals surface area contributed by atoms with Crippen LogP contribution in [-0.2, 0) is 22.7 Å². The fraction of sp³-hybridized carbons (Fsp3) is 0.286. The molecule has 31 heavy (non-hydrogen) atoms.